The van der Waals surface area contributed by atoms with Gasteiger partial charge in [-0.05, 0) is 30.7 Å². The SMILES string of the molecule is Cc1cc(S(=O)(=O)NCCc2ccnn2C)cc(N)c1Cl. The molecule has 0 aliphatic rings. The van der Waals surface area contributed by atoms with Crippen LogP contribution in [0.3, 0.4) is 0 Å². The zero-order chi connectivity index (χ0) is 15.6. The smallest absolute Gasteiger partial charge is 0.240 e. The molecule has 21 heavy (non-hydrogen) atoms. The molecule has 2 aromatic rings. The van der Waals surface area contributed by atoms with Gasteiger partial charge in [-0.1, -0.05) is 11.6 Å². The quantitative estimate of drug-likeness (QED) is 0.814. The van der Waals surface area contributed by atoms with Gasteiger partial charge in [-0.3, -0.25) is 4.68 Å². The van der Waals surface area contributed by atoms with Crippen LogP contribution in [0.2, 0.25) is 5.02 Å². The number of rotatable bonds is 5. The Balaban J connectivity index is 2.10. The second-order valence-electron chi connectivity index (χ2n) is 4.74. The molecular weight excluding hydrogens is 312 g/mol. The maximum absolute atomic E-state index is 12.2. The summed E-state index contributed by atoms with van der Waals surface area (Å²) in [6, 6.07) is 4.71. The summed E-state index contributed by atoms with van der Waals surface area (Å²) in [5, 5.41) is 4.41. The fraction of sp³-hybridized carbons (Fsp3) is 0.308. The molecular formula is C13H17ClN4O2S. The van der Waals surface area contributed by atoms with E-state index in [1.54, 1.807) is 17.8 Å². The summed E-state index contributed by atoms with van der Waals surface area (Å²) < 4.78 is 28.7. The lowest BCUT2D eigenvalue weighted by atomic mass is 10.2. The number of aryl methyl sites for hydroxylation is 2. The first-order chi connectivity index (χ1) is 9.81. The largest absolute Gasteiger partial charge is 0.397 e. The number of nitrogen functional groups attached to an aromatic ring is 1. The fourth-order valence-corrected chi connectivity index (χ4v) is 3.22. The van der Waals surface area contributed by atoms with E-state index in [2.05, 4.69) is 9.82 Å². The molecule has 3 N–H and O–H groups in total. The second-order valence-corrected chi connectivity index (χ2v) is 6.88. The van der Waals surface area contributed by atoms with E-state index in [9.17, 15) is 8.42 Å². The van der Waals surface area contributed by atoms with Crippen LogP contribution in [0.1, 0.15) is 11.3 Å². The van der Waals surface area contributed by atoms with E-state index >= 15 is 0 Å². The van der Waals surface area contributed by atoms with Crippen LogP contribution in [0.15, 0.2) is 29.3 Å². The molecule has 0 bridgehead atoms. The van der Waals surface area contributed by atoms with Crippen molar-refractivity contribution < 1.29 is 8.42 Å². The maximum Gasteiger partial charge on any atom is 0.240 e. The highest BCUT2D eigenvalue weighted by molar-refractivity contribution is 7.89. The number of hydrogen-bond acceptors (Lipinski definition) is 4. The Kier molecular flexibility index (Phi) is 4.55. The van der Waals surface area contributed by atoms with Gasteiger partial charge < -0.3 is 5.73 Å². The molecule has 2 rings (SSSR count). The molecule has 8 heteroatoms. The monoisotopic (exact) mass is 328 g/mol. The minimum absolute atomic E-state index is 0.118. The van der Waals surface area contributed by atoms with Crippen LogP contribution < -0.4 is 10.5 Å². The predicted octanol–water partition coefficient (Wildman–Crippen LogP) is 1.49. The number of benzene rings is 1. The van der Waals surface area contributed by atoms with Gasteiger partial charge in [0, 0.05) is 31.9 Å². The Hall–Kier alpha value is -1.57. The van der Waals surface area contributed by atoms with E-state index in [0.717, 1.165) is 5.69 Å². The Bertz CT molecular complexity index is 732. The number of anilines is 1. The van der Waals surface area contributed by atoms with Crippen molar-refractivity contribution in [2.45, 2.75) is 18.2 Å². The second kappa shape index (κ2) is 6.05. The number of nitrogens with two attached hydrogens (primary N) is 1. The summed E-state index contributed by atoms with van der Waals surface area (Å²) in [6.07, 6.45) is 2.23. The van der Waals surface area contributed by atoms with Gasteiger partial charge in [0.05, 0.1) is 15.6 Å². The molecule has 114 valence electrons. The lowest BCUT2D eigenvalue weighted by molar-refractivity contribution is 0.579. The molecule has 0 unspecified atom stereocenters. The number of nitrogens with one attached hydrogen (secondary N) is 1. The number of nitrogens with zero attached hydrogens (tertiary/aromatic N) is 2. The lowest BCUT2D eigenvalue weighted by Crippen LogP contribution is -2.26. The third kappa shape index (κ3) is 3.55. The molecule has 0 spiro atoms. The summed E-state index contributed by atoms with van der Waals surface area (Å²) >= 11 is 5.94. The average molecular weight is 329 g/mol. The minimum atomic E-state index is -3.61. The van der Waals surface area contributed by atoms with Crippen molar-refractivity contribution in [1.29, 1.82) is 0 Å². The number of sulfonamides is 1. The van der Waals surface area contributed by atoms with Crippen LogP contribution in [0.5, 0.6) is 0 Å². The molecule has 0 fully saturated rings. The standard InChI is InChI=1S/C13H17ClN4O2S/c1-9-7-11(8-12(15)13(9)14)21(19,20)17-6-4-10-3-5-16-18(10)2/h3,5,7-8,17H,4,6,15H2,1-2H3. The zero-order valence-corrected chi connectivity index (χ0v) is 13.4. The highest BCUT2D eigenvalue weighted by Gasteiger charge is 2.16. The summed E-state index contributed by atoms with van der Waals surface area (Å²) in [6.45, 7) is 2.00. The van der Waals surface area contributed by atoms with Crippen molar-refractivity contribution in [3.63, 3.8) is 0 Å². The molecule has 1 aromatic carbocycles. The van der Waals surface area contributed by atoms with Crippen LogP contribution in [0.4, 0.5) is 5.69 Å². The van der Waals surface area contributed by atoms with Crippen LogP contribution in [-0.2, 0) is 23.5 Å². The highest BCUT2D eigenvalue weighted by atomic mass is 35.5. The average Bonchev–Trinajstić information content (AvgIpc) is 2.81. The zero-order valence-electron chi connectivity index (χ0n) is 11.8. The van der Waals surface area contributed by atoms with Crippen molar-refractivity contribution >= 4 is 27.3 Å². The van der Waals surface area contributed by atoms with Gasteiger partial charge in [-0.15, -0.1) is 0 Å². The summed E-state index contributed by atoms with van der Waals surface area (Å²) in [7, 11) is -1.79. The third-order valence-electron chi connectivity index (χ3n) is 3.16. The Morgan fingerprint density at radius 3 is 2.71 bits per heavy atom. The number of aromatic nitrogens is 2. The van der Waals surface area contributed by atoms with Gasteiger partial charge in [-0.25, -0.2) is 13.1 Å². The Morgan fingerprint density at radius 1 is 1.43 bits per heavy atom. The molecule has 6 nitrogen and oxygen atoms in total. The van der Waals surface area contributed by atoms with Gasteiger partial charge in [0.2, 0.25) is 10.0 Å². The molecule has 0 amide bonds. The summed E-state index contributed by atoms with van der Waals surface area (Å²) in [5.74, 6) is 0. The van der Waals surface area contributed by atoms with Crippen LogP contribution in [-0.4, -0.2) is 24.7 Å². The van der Waals surface area contributed by atoms with E-state index in [-0.39, 0.29) is 17.1 Å². The molecule has 0 saturated heterocycles. The minimum Gasteiger partial charge on any atom is -0.397 e. The first kappa shape index (κ1) is 15.8. The van der Waals surface area contributed by atoms with Crippen molar-refractivity contribution in [3.8, 4) is 0 Å². The first-order valence-corrected chi connectivity index (χ1v) is 8.19. The number of hydrogen-bond donors (Lipinski definition) is 2. The highest BCUT2D eigenvalue weighted by Crippen LogP contribution is 2.26. The summed E-state index contributed by atoms with van der Waals surface area (Å²) in [4.78, 5) is 0.118. The van der Waals surface area contributed by atoms with Crippen LogP contribution >= 0.6 is 11.6 Å². The van der Waals surface area contributed by atoms with E-state index in [1.807, 2.05) is 13.1 Å². The van der Waals surface area contributed by atoms with Crippen molar-refractivity contribution in [1.82, 2.24) is 14.5 Å². The Labute approximate surface area is 129 Å². The topological polar surface area (TPSA) is 90.0 Å². The lowest BCUT2D eigenvalue weighted by Gasteiger charge is -2.10. The Morgan fingerprint density at radius 2 is 2.14 bits per heavy atom. The van der Waals surface area contributed by atoms with Gasteiger partial charge in [0.15, 0.2) is 0 Å². The molecule has 1 heterocycles. The molecule has 0 saturated carbocycles. The van der Waals surface area contributed by atoms with Crippen molar-refractivity contribution in [3.05, 3.63) is 40.7 Å². The van der Waals surface area contributed by atoms with Crippen molar-refractivity contribution in [2.24, 2.45) is 7.05 Å². The van der Waals surface area contributed by atoms with Crippen LogP contribution in [0, 0.1) is 6.92 Å². The van der Waals surface area contributed by atoms with Gasteiger partial charge in [-0.2, -0.15) is 5.10 Å². The molecule has 0 aliphatic carbocycles. The molecule has 0 atom stereocenters. The van der Waals surface area contributed by atoms with E-state index in [1.165, 1.54) is 12.1 Å². The van der Waals surface area contributed by atoms with E-state index < -0.39 is 10.0 Å². The third-order valence-corrected chi connectivity index (χ3v) is 5.12. The van der Waals surface area contributed by atoms with Gasteiger partial charge in [0.25, 0.3) is 0 Å². The van der Waals surface area contributed by atoms with E-state index in [4.69, 9.17) is 17.3 Å². The normalized spacial score (nSPS) is 11.8. The maximum atomic E-state index is 12.2. The molecule has 0 aliphatic heterocycles. The molecule has 0 radical (unpaired) electrons. The molecule has 1 aromatic heterocycles. The summed E-state index contributed by atoms with van der Waals surface area (Å²) in [5.41, 5.74) is 7.54. The van der Waals surface area contributed by atoms with Crippen LogP contribution in [0.25, 0.3) is 0 Å². The van der Waals surface area contributed by atoms with Crippen molar-refractivity contribution in [2.75, 3.05) is 12.3 Å². The van der Waals surface area contributed by atoms with E-state index in [0.29, 0.717) is 17.0 Å². The van der Waals surface area contributed by atoms with Gasteiger partial charge >= 0.3 is 0 Å². The number of halogens is 1. The fourth-order valence-electron chi connectivity index (χ4n) is 1.96. The van der Waals surface area contributed by atoms with Gasteiger partial charge in [0.1, 0.15) is 0 Å². The first-order valence-electron chi connectivity index (χ1n) is 6.33. The predicted molar refractivity (Wildman–Crippen MR) is 82.7 cm³/mol.